The Morgan fingerprint density at radius 3 is 2.74 bits per heavy atom. The van der Waals surface area contributed by atoms with Crippen LogP contribution in [0, 0.1) is 6.92 Å². The molecule has 1 aromatic rings. The Kier molecular flexibility index (Phi) is 4.18. The summed E-state index contributed by atoms with van der Waals surface area (Å²) in [7, 11) is -2.90. The Morgan fingerprint density at radius 1 is 1.42 bits per heavy atom. The van der Waals surface area contributed by atoms with E-state index in [0.29, 0.717) is 12.2 Å². The molecule has 0 spiro atoms. The van der Waals surface area contributed by atoms with Crippen molar-refractivity contribution in [1.29, 1.82) is 0 Å². The van der Waals surface area contributed by atoms with Crippen LogP contribution in [0.15, 0.2) is 0 Å². The lowest BCUT2D eigenvalue weighted by molar-refractivity contribution is 0.500. The van der Waals surface area contributed by atoms with Crippen molar-refractivity contribution in [2.75, 3.05) is 17.2 Å². The summed E-state index contributed by atoms with van der Waals surface area (Å²) >= 11 is 0. The first kappa shape index (κ1) is 14.4. The number of rotatable bonds is 5. The van der Waals surface area contributed by atoms with E-state index in [1.165, 1.54) is 12.8 Å². The van der Waals surface area contributed by atoms with E-state index in [1.54, 1.807) is 4.68 Å². The molecule has 1 fully saturated rings. The van der Waals surface area contributed by atoms with Gasteiger partial charge in [0.15, 0.2) is 9.84 Å². The van der Waals surface area contributed by atoms with E-state index in [0.717, 1.165) is 24.1 Å². The molecule has 1 aliphatic heterocycles. The van der Waals surface area contributed by atoms with Gasteiger partial charge in [0, 0.05) is 5.56 Å². The Morgan fingerprint density at radius 2 is 2.16 bits per heavy atom. The molecule has 0 radical (unpaired) electrons. The molecule has 2 rings (SSSR count). The second-order valence-corrected chi connectivity index (χ2v) is 7.64. The van der Waals surface area contributed by atoms with Gasteiger partial charge in [0.25, 0.3) is 0 Å². The summed E-state index contributed by atoms with van der Waals surface area (Å²) in [4.78, 5) is 0. The summed E-state index contributed by atoms with van der Waals surface area (Å²) < 4.78 is 24.8. The molecule has 1 aliphatic rings. The van der Waals surface area contributed by atoms with Crippen molar-refractivity contribution in [1.82, 2.24) is 9.78 Å². The largest absolute Gasteiger partial charge is 0.384 e. The van der Waals surface area contributed by atoms with E-state index in [4.69, 9.17) is 5.73 Å². The van der Waals surface area contributed by atoms with Crippen LogP contribution in [0.5, 0.6) is 0 Å². The Hall–Kier alpha value is -1.04. The number of nitrogen functional groups attached to an aromatic ring is 1. The number of hydrogen-bond donors (Lipinski definition) is 1. The van der Waals surface area contributed by atoms with E-state index >= 15 is 0 Å². The third kappa shape index (κ3) is 3.11. The van der Waals surface area contributed by atoms with Gasteiger partial charge >= 0.3 is 0 Å². The highest BCUT2D eigenvalue weighted by molar-refractivity contribution is 7.91. The number of nitrogens with two attached hydrogens (primary N) is 1. The number of aryl methyl sites for hydroxylation is 1. The van der Waals surface area contributed by atoms with E-state index in [9.17, 15) is 8.42 Å². The quantitative estimate of drug-likeness (QED) is 0.838. The van der Waals surface area contributed by atoms with Crippen LogP contribution in [0.4, 0.5) is 5.82 Å². The molecule has 2 heterocycles. The van der Waals surface area contributed by atoms with E-state index < -0.39 is 9.84 Å². The minimum Gasteiger partial charge on any atom is -0.384 e. The van der Waals surface area contributed by atoms with Gasteiger partial charge in [-0.2, -0.15) is 5.10 Å². The van der Waals surface area contributed by atoms with Crippen LogP contribution in [-0.4, -0.2) is 29.7 Å². The molecule has 1 unspecified atom stereocenters. The molecule has 0 aromatic carbocycles. The lowest BCUT2D eigenvalue weighted by atomic mass is 10.1. The average molecular weight is 285 g/mol. The predicted octanol–water partition coefficient (Wildman–Crippen LogP) is 1.87. The molecule has 1 aromatic heterocycles. The molecule has 2 N–H and O–H groups in total. The van der Waals surface area contributed by atoms with Crippen molar-refractivity contribution in [3.8, 4) is 0 Å². The molecule has 108 valence electrons. The standard InChI is InChI=1S/C13H23N3O2S/c1-3-4-5-6-12-10(2)13(14)16(15-12)11-7-8-19(17,18)9-11/h11H,3-9,14H2,1-2H3. The van der Waals surface area contributed by atoms with Gasteiger partial charge in [-0.05, 0) is 26.2 Å². The van der Waals surface area contributed by atoms with Crippen LogP contribution in [-0.2, 0) is 16.3 Å². The third-order valence-corrected chi connectivity index (χ3v) is 5.61. The van der Waals surface area contributed by atoms with Gasteiger partial charge in [-0.25, -0.2) is 13.1 Å². The molecule has 1 saturated heterocycles. The van der Waals surface area contributed by atoms with Crippen LogP contribution < -0.4 is 5.73 Å². The van der Waals surface area contributed by atoms with Crippen molar-refractivity contribution in [2.45, 2.75) is 52.0 Å². The highest BCUT2D eigenvalue weighted by atomic mass is 32.2. The van der Waals surface area contributed by atoms with Crippen molar-refractivity contribution in [2.24, 2.45) is 0 Å². The van der Waals surface area contributed by atoms with Crippen molar-refractivity contribution in [3.63, 3.8) is 0 Å². The van der Waals surface area contributed by atoms with Crippen molar-refractivity contribution in [3.05, 3.63) is 11.3 Å². The molecule has 19 heavy (non-hydrogen) atoms. The summed E-state index contributed by atoms with van der Waals surface area (Å²) in [6, 6.07) is -0.0800. The number of nitrogens with zero attached hydrogens (tertiary/aromatic N) is 2. The number of aromatic nitrogens is 2. The monoisotopic (exact) mass is 285 g/mol. The first-order valence-electron chi connectivity index (χ1n) is 6.98. The summed E-state index contributed by atoms with van der Waals surface area (Å²) in [5.41, 5.74) is 8.12. The molecule has 0 amide bonds. The van der Waals surface area contributed by atoms with Crippen LogP contribution in [0.1, 0.15) is 49.9 Å². The second-order valence-electron chi connectivity index (χ2n) is 5.42. The van der Waals surface area contributed by atoms with Gasteiger partial charge in [-0.1, -0.05) is 19.8 Å². The normalized spacial score (nSPS) is 21.9. The zero-order valence-electron chi connectivity index (χ0n) is 11.7. The molecule has 1 atom stereocenters. The van der Waals surface area contributed by atoms with Gasteiger partial charge in [0.05, 0.1) is 23.2 Å². The highest BCUT2D eigenvalue weighted by Gasteiger charge is 2.31. The van der Waals surface area contributed by atoms with Gasteiger partial charge in [0.2, 0.25) is 0 Å². The van der Waals surface area contributed by atoms with E-state index in [1.807, 2.05) is 6.92 Å². The maximum atomic E-state index is 11.5. The highest BCUT2D eigenvalue weighted by Crippen LogP contribution is 2.28. The lowest BCUT2D eigenvalue weighted by Gasteiger charge is -2.10. The maximum absolute atomic E-state index is 11.5. The molecule has 0 aliphatic carbocycles. The predicted molar refractivity (Wildman–Crippen MR) is 76.9 cm³/mol. The van der Waals surface area contributed by atoms with Gasteiger partial charge in [-0.15, -0.1) is 0 Å². The number of hydrogen-bond acceptors (Lipinski definition) is 4. The van der Waals surface area contributed by atoms with Crippen LogP contribution in [0.25, 0.3) is 0 Å². The third-order valence-electron chi connectivity index (χ3n) is 3.86. The van der Waals surface area contributed by atoms with Gasteiger partial charge < -0.3 is 5.73 Å². The summed E-state index contributed by atoms with van der Waals surface area (Å²) in [6.07, 6.45) is 5.02. The average Bonchev–Trinajstić information content (AvgIpc) is 2.84. The summed E-state index contributed by atoms with van der Waals surface area (Å²) in [5.74, 6) is 1.06. The van der Waals surface area contributed by atoms with Crippen molar-refractivity contribution >= 4 is 15.7 Å². The lowest BCUT2D eigenvalue weighted by Crippen LogP contribution is -2.15. The Balaban J connectivity index is 2.16. The van der Waals surface area contributed by atoms with E-state index in [-0.39, 0.29) is 17.5 Å². The fourth-order valence-corrected chi connectivity index (χ4v) is 4.30. The Bertz CT molecular complexity index is 548. The number of unbranched alkanes of at least 4 members (excludes halogenated alkanes) is 2. The fraction of sp³-hybridized carbons (Fsp3) is 0.769. The topological polar surface area (TPSA) is 78.0 Å². The maximum Gasteiger partial charge on any atom is 0.152 e. The van der Waals surface area contributed by atoms with Gasteiger partial charge in [0.1, 0.15) is 5.82 Å². The molecule has 6 heteroatoms. The zero-order valence-corrected chi connectivity index (χ0v) is 12.5. The van der Waals surface area contributed by atoms with E-state index in [2.05, 4.69) is 12.0 Å². The number of anilines is 1. The summed E-state index contributed by atoms with van der Waals surface area (Å²) in [5, 5.41) is 4.56. The smallest absolute Gasteiger partial charge is 0.152 e. The first-order chi connectivity index (χ1) is 8.94. The summed E-state index contributed by atoms with van der Waals surface area (Å²) in [6.45, 7) is 4.15. The minimum atomic E-state index is -2.90. The second kappa shape index (κ2) is 5.53. The van der Waals surface area contributed by atoms with Crippen LogP contribution in [0.2, 0.25) is 0 Å². The zero-order chi connectivity index (χ0) is 14.0. The molecule has 0 saturated carbocycles. The molecule has 0 bridgehead atoms. The van der Waals surface area contributed by atoms with Gasteiger partial charge in [-0.3, -0.25) is 0 Å². The fourth-order valence-electron chi connectivity index (χ4n) is 2.61. The molecule has 5 nitrogen and oxygen atoms in total. The molecular formula is C13H23N3O2S. The number of sulfone groups is 1. The van der Waals surface area contributed by atoms with Crippen LogP contribution in [0.3, 0.4) is 0 Å². The Labute approximate surface area is 115 Å². The SMILES string of the molecule is CCCCCc1nn(C2CCS(=O)(=O)C2)c(N)c1C. The molecular weight excluding hydrogens is 262 g/mol. The van der Waals surface area contributed by atoms with Crippen molar-refractivity contribution < 1.29 is 8.42 Å². The van der Waals surface area contributed by atoms with Crippen LogP contribution >= 0.6 is 0 Å². The minimum absolute atomic E-state index is 0.0800. The first-order valence-corrected chi connectivity index (χ1v) is 8.80.